The maximum atomic E-state index is 13.6. The average molecular weight is 371 g/mol. The maximum Gasteiger partial charge on any atom is 0.262 e. The van der Waals surface area contributed by atoms with Gasteiger partial charge in [0.15, 0.2) is 6.61 Å². The molecule has 0 radical (unpaired) electrons. The summed E-state index contributed by atoms with van der Waals surface area (Å²) in [6.45, 7) is 0.0474. The van der Waals surface area contributed by atoms with E-state index >= 15 is 0 Å². The predicted octanol–water partition coefficient (Wildman–Crippen LogP) is 2.31. The van der Waals surface area contributed by atoms with Crippen molar-refractivity contribution in [1.82, 2.24) is 5.32 Å². The number of hydrogen-bond acceptors (Lipinski definition) is 4. The van der Waals surface area contributed by atoms with Crippen LogP contribution in [0.1, 0.15) is 23.2 Å². The van der Waals surface area contributed by atoms with Gasteiger partial charge in [-0.3, -0.25) is 9.59 Å². The molecule has 0 aliphatic heterocycles. The number of nitrogens with one attached hydrogen (secondary N) is 2. The molecule has 0 spiro atoms. The lowest BCUT2D eigenvalue weighted by molar-refractivity contribution is -0.118. The molecule has 27 heavy (non-hydrogen) atoms. The smallest absolute Gasteiger partial charge is 0.262 e. The normalized spacial score (nSPS) is 14.3. The zero-order valence-electron chi connectivity index (χ0n) is 14.8. The van der Waals surface area contributed by atoms with E-state index in [0.29, 0.717) is 18.0 Å². The second-order valence-electron chi connectivity index (χ2n) is 6.52. The standard InChI is InChI=1S/C20H22FN3O3/c21-15-6-2-3-7-17(15)24-19(25)12-27-18-8-4-1-5-14(18)20(26)23-11-16(22)13-9-10-13/h1-8,13,16H,9-12,22H2,(H,23,26)(H,24,25). The van der Waals surface area contributed by atoms with Crippen molar-refractivity contribution >= 4 is 17.5 Å². The zero-order valence-corrected chi connectivity index (χ0v) is 14.8. The predicted molar refractivity (Wildman–Crippen MR) is 100.0 cm³/mol. The molecule has 142 valence electrons. The van der Waals surface area contributed by atoms with Crippen LogP contribution in [0.4, 0.5) is 10.1 Å². The summed E-state index contributed by atoms with van der Waals surface area (Å²) >= 11 is 0. The molecular formula is C20H22FN3O3. The van der Waals surface area contributed by atoms with E-state index in [-0.39, 0.29) is 30.0 Å². The number of para-hydroxylation sites is 2. The summed E-state index contributed by atoms with van der Waals surface area (Å²) in [7, 11) is 0. The highest BCUT2D eigenvalue weighted by Gasteiger charge is 2.28. The molecule has 4 N–H and O–H groups in total. The van der Waals surface area contributed by atoms with Gasteiger partial charge in [-0.2, -0.15) is 0 Å². The molecule has 0 heterocycles. The van der Waals surface area contributed by atoms with Crippen molar-refractivity contribution in [3.8, 4) is 5.75 Å². The van der Waals surface area contributed by atoms with Crippen LogP contribution < -0.4 is 21.1 Å². The number of nitrogens with two attached hydrogens (primary N) is 1. The molecule has 1 aliphatic carbocycles. The van der Waals surface area contributed by atoms with Gasteiger partial charge in [0.1, 0.15) is 11.6 Å². The molecule has 1 fully saturated rings. The summed E-state index contributed by atoms with van der Waals surface area (Å²) in [4.78, 5) is 24.4. The Labute approximate surface area is 156 Å². The van der Waals surface area contributed by atoms with Crippen molar-refractivity contribution in [3.05, 3.63) is 59.9 Å². The van der Waals surface area contributed by atoms with E-state index < -0.39 is 11.7 Å². The molecule has 6 nitrogen and oxygen atoms in total. The third-order valence-electron chi connectivity index (χ3n) is 4.36. The number of amides is 2. The van der Waals surface area contributed by atoms with Gasteiger partial charge < -0.3 is 21.1 Å². The van der Waals surface area contributed by atoms with Gasteiger partial charge in [0.25, 0.3) is 11.8 Å². The average Bonchev–Trinajstić information content (AvgIpc) is 3.51. The number of halogens is 1. The van der Waals surface area contributed by atoms with Crippen LogP contribution in [0.15, 0.2) is 48.5 Å². The number of carbonyl (C=O) groups excluding carboxylic acids is 2. The van der Waals surface area contributed by atoms with Crippen LogP contribution in [0.2, 0.25) is 0 Å². The Kier molecular flexibility index (Phi) is 6.03. The van der Waals surface area contributed by atoms with Crippen molar-refractivity contribution in [3.63, 3.8) is 0 Å². The van der Waals surface area contributed by atoms with Crippen molar-refractivity contribution in [2.45, 2.75) is 18.9 Å². The van der Waals surface area contributed by atoms with Gasteiger partial charge in [0.2, 0.25) is 0 Å². The molecule has 2 aromatic rings. The lowest BCUT2D eigenvalue weighted by Gasteiger charge is -2.14. The lowest BCUT2D eigenvalue weighted by atomic mass is 10.1. The molecule has 0 saturated heterocycles. The summed E-state index contributed by atoms with van der Waals surface area (Å²) in [6.07, 6.45) is 2.21. The van der Waals surface area contributed by atoms with E-state index in [9.17, 15) is 14.0 Å². The van der Waals surface area contributed by atoms with Gasteiger partial charge in [-0.25, -0.2) is 4.39 Å². The number of benzene rings is 2. The molecule has 0 aromatic heterocycles. The number of rotatable bonds is 8. The zero-order chi connectivity index (χ0) is 19.2. The lowest BCUT2D eigenvalue weighted by Crippen LogP contribution is -2.38. The van der Waals surface area contributed by atoms with E-state index in [2.05, 4.69) is 10.6 Å². The summed E-state index contributed by atoms with van der Waals surface area (Å²) in [6, 6.07) is 12.4. The minimum absolute atomic E-state index is 0.0476. The van der Waals surface area contributed by atoms with Gasteiger partial charge in [-0.1, -0.05) is 24.3 Å². The van der Waals surface area contributed by atoms with Crippen LogP contribution in [0, 0.1) is 11.7 Å². The quantitative estimate of drug-likeness (QED) is 0.664. The molecule has 0 bridgehead atoms. The fourth-order valence-corrected chi connectivity index (χ4v) is 2.67. The van der Waals surface area contributed by atoms with Crippen molar-refractivity contribution in [2.24, 2.45) is 11.7 Å². The molecule has 1 aliphatic rings. The van der Waals surface area contributed by atoms with Gasteiger partial charge >= 0.3 is 0 Å². The van der Waals surface area contributed by atoms with Crippen LogP contribution in [-0.4, -0.2) is 31.0 Å². The van der Waals surface area contributed by atoms with E-state index in [0.717, 1.165) is 12.8 Å². The first kappa shape index (κ1) is 18.8. The monoisotopic (exact) mass is 371 g/mol. The van der Waals surface area contributed by atoms with Gasteiger partial charge in [0, 0.05) is 12.6 Å². The summed E-state index contributed by atoms with van der Waals surface area (Å²) in [5, 5.41) is 5.23. The highest BCUT2D eigenvalue weighted by atomic mass is 19.1. The number of anilines is 1. The van der Waals surface area contributed by atoms with Crippen molar-refractivity contribution in [1.29, 1.82) is 0 Å². The topological polar surface area (TPSA) is 93.4 Å². The third-order valence-corrected chi connectivity index (χ3v) is 4.36. The minimum Gasteiger partial charge on any atom is -0.483 e. The second kappa shape index (κ2) is 8.64. The first-order chi connectivity index (χ1) is 13.0. The van der Waals surface area contributed by atoms with E-state index in [4.69, 9.17) is 10.5 Å². The molecule has 3 rings (SSSR count). The molecule has 2 aromatic carbocycles. The Hall–Kier alpha value is -2.93. The summed E-state index contributed by atoms with van der Waals surface area (Å²) in [5.74, 6) is -0.600. The highest BCUT2D eigenvalue weighted by molar-refractivity contribution is 5.97. The van der Waals surface area contributed by atoms with Crippen LogP contribution in [0.3, 0.4) is 0 Å². The van der Waals surface area contributed by atoms with Crippen molar-refractivity contribution in [2.75, 3.05) is 18.5 Å². The fourth-order valence-electron chi connectivity index (χ4n) is 2.67. The largest absolute Gasteiger partial charge is 0.483 e. The van der Waals surface area contributed by atoms with E-state index in [1.54, 1.807) is 30.3 Å². The van der Waals surface area contributed by atoms with Gasteiger partial charge in [-0.05, 0) is 43.0 Å². The SMILES string of the molecule is NC(CNC(=O)c1ccccc1OCC(=O)Nc1ccccc1F)C1CC1. The number of carbonyl (C=O) groups is 2. The van der Waals surface area contributed by atoms with Crippen LogP contribution in [0.25, 0.3) is 0 Å². The Morgan fingerprint density at radius 3 is 2.59 bits per heavy atom. The molecular weight excluding hydrogens is 349 g/mol. The first-order valence-corrected chi connectivity index (χ1v) is 8.84. The van der Waals surface area contributed by atoms with Crippen LogP contribution in [-0.2, 0) is 4.79 Å². The summed E-state index contributed by atoms with van der Waals surface area (Å²) in [5.41, 5.74) is 6.39. The Bertz CT molecular complexity index is 824. The van der Waals surface area contributed by atoms with E-state index in [1.807, 2.05) is 0 Å². The molecule has 1 atom stereocenters. The van der Waals surface area contributed by atoms with E-state index in [1.165, 1.54) is 18.2 Å². The van der Waals surface area contributed by atoms with Gasteiger partial charge in [-0.15, -0.1) is 0 Å². The molecule has 2 amide bonds. The number of ether oxygens (including phenoxy) is 1. The molecule has 1 saturated carbocycles. The highest BCUT2D eigenvalue weighted by Crippen LogP contribution is 2.31. The first-order valence-electron chi connectivity index (χ1n) is 8.84. The maximum absolute atomic E-state index is 13.6. The Morgan fingerprint density at radius 1 is 1.15 bits per heavy atom. The molecule has 7 heteroatoms. The van der Waals surface area contributed by atoms with Crippen molar-refractivity contribution < 1.29 is 18.7 Å². The summed E-state index contributed by atoms with van der Waals surface area (Å²) < 4.78 is 19.0. The van der Waals surface area contributed by atoms with Crippen LogP contribution in [0.5, 0.6) is 5.75 Å². The minimum atomic E-state index is -0.530. The fraction of sp³-hybridized carbons (Fsp3) is 0.300. The second-order valence-corrected chi connectivity index (χ2v) is 6.52. The Balaban J connectivity index is 1.56. The van der Waals surface area contributed by atoms with Crippen LogP contribution >= 0.6 is 0 Å². The molecule has 1 unspecified atom stereocenters. The third kappa shape index (κ3) is 5.27. The van der Waals surface area contributed by atoms with Gasteiger partial charge in [0.05, 0.1) is 11.3 Å². The number of hydrogen-bond donors (Lipinski definition) is 3. The Morgan fingerprint density at radius 2 is 1.85 bits per heavy atom.